The summed E-state index contributed by atoms with van der Waals surface area (Å²) in [5, 5.41) is 7.22. The van der Waals surface area contributed by atoms with Crippen LogP contribution in [0.25, 0.3) is 16.2 Å². The first kappa shape index (κ1) is 18.8. The van der Waals surface area contributed by atoms with Crippen LogP contribution in [0, 0.1) is 6.92 Å². The van der Waals surface area contributed by atoms with Crippen LogP contribution in [0.5, 0.6) is 0 Å². The molecule has 0 spiro atoms. The van der Waals surface area contributed by atoms with Crippen LogP contribution in [-0.4, -0.2) is 49.9 Å². The molecule has 6 nitrogen and oxygen atoms in total. The van der Waals surface area contributed by atoms with Gasteiger partial charge in [0.15, 0.2) is 4.96 Å². The van der Waals surface area contributed by atoms with Gasteiger partial charge in [-0.05, 0) is 24.6 Å². The van der Waals surface area contributed by atoms with Gasteiger partial charge in [0.25, 0.3) is 0 Å². The molecule has 1 aromatic carbocycles. The molecular weight excluding hydrogens is 406 g/mol. The fourth-order valence-corrected chi connectivity index (χ4v) is 4.70. The van der Waals surface area contributed by atoms with Gasteiger partial charge in [0.2, 0.25) is 0 Å². The van der Waals surface area contributed by atoms with Gasteiger partial charge in [-0.15, -0.1) is 11.3 Å². The predicted molar refractivity (Wildman–Crippen MR) is 115 cm³/mol. The number of ether oxygens (including phenoxy) is 1. The number of aromatic nitrogens is 4. The predicted octanol–water partition coefficient (Wildman–Crippen LogP) is 4.12. The molecule has 5 rings (SSSR count). The minimum Gasteiger partial charge on any atom is -0.374 e. The Hall–Kier alpha value is -2.19. The highest BCUT2D eigenvalue weighted by molar-refractivity contribution is 7.15. The number of fused-ring (bicyclic) bond motifs is 1. The van der Waals surface area contributed by atoms with Crippen LogP contribution in [0.2, 0.25) is 5.02 Å². The zero-order chi connectivity index (χ0) is 19.8. The van der Waals surface area contributed by atoms with Crippen molar-refractivity contribution in [2.24, 2.45) is 0 Å². The summed E-state index contributed by atoms with van der Waals surface area (Å²) in [6, 6.07) is 7.93. The van der Waals surface area contributed by atoms with Gasteiger partial charge in [-0.25, -0.2) is 4.98 Å². The fourth-order valence-electron chi connectivity index (χ4n) is 3.84. The SMILES string of the molecule is Cc1cnn(CC2CN(Cc3c(-c4ccc(Cl)cc4)nc4sccn34)CCO2)c1. The largest absolute Gasteiger partial charge is 0.374 e. The molecule has 150 valence electrons. The molecule has 29 heavy (non-hydrogen) atoms. The van der Waals surface area contributed by atoms with Gasteiger partial charge in [-0.3, -0.25) is 14.0 Å². The van der Waals surface area contributed by atoms with Crippen molar-refractivity contribution >= 4 is 27.9 Å². The minimum atomic E-state index is 0.132. The Bertz CT molecular complexity index is 1120. The maximum Gasteiger partial charge on any atom is 0.194 e. The van der Waals surface area contributed by atoms with E-state index in [4.69, 9.17) is 21.3 Å². The van der Waals surface area contributed by atoms with Crippen LogP contribution >= 0.6 is 22.9 Å². The molecule has 0 bridgehead atoms. The van der Waals surface area contributed by atoms with E-state index in [1.54, 1.807) is 11.3 Å². The van der Waals surface area contributed by atoms with Crippen LogP contribution in [0.3, 0.4) is 0 Å². The number of imidazole rings is 1. The molecule has 0 aliphatic carbocycles. The standard InChI is InChI=1S/C21H22ClN5OS/c1-15-10-23-26(11-15)13-18-12-25(6-8-28-18)14-19-20(16-2-4-17(22)5-3-16)24-21-27(19)7-9-29-21/h2-5,7,9-11,18H,6,8,12-14H2,1H3. The van der Waals surface area contributed by atoms with Crippen molar-refractivity contribution in [3.8, 4) is 11.3 Å². The van der Waals surface area contributed by atoms with Gasteiger partial charge in [-0.1, -0.05) is 23.7 Å². The Morgan fingerprint density at radius 1 is 1.28 bits per heavy atom. The highest BCUT2D eigenvalue weighted by Crippen LogP contribution is 2.29. The summed E-state index contributed by atoms with van der Waals surface area (Å²) in [5.41, 5.74) is 4.50. The highest BCUT2D eigenvalue weighted by atomic mass is 35.5. The zero-order valence-electron chi connectivity index (χ0n) is 16.2. The first-order valence-electron chi connectivity index (χ1n) is 9.69. The lowest BCUT2D eigenvalue weighted by Gasteiger charge is -2.32. The molecule has 8 heteroatoms. The summed E-state index contributed by atoms with van der Waals surface area (Å²) in [6.07, 6.45) is 6.19. The molecule has 0 saturated carbocycles. The summed E-state index contributed by atoms with van der Waals surface area (Å²) in [6.45, 7) is 6.17. The topological polar surface area (TPSA) is 47.6 Å². The Labute approximate surface area is 178 Å². The van der Waals surface area contributed by atoms with Crippen LogP contribution in [0.1, 0.15) is 11.3 Å². The molecule has 4 aromatic rings. The molecule has 0 amide bonds. The second kappa shape index (κ2) is 7.91. The third kappa shape index (κ3) is 3.96. The van der Waals surface area contributed by atoms with E-state index in [-0.39, 0.29) is 6.10 Å². The molecule has 4 heterocycles. The summed E-state index contributed by atoms with van der Waals surface area (Å²) >= 11 is 7.74. The normalized spacial score (nSPS) is 17.9. The number of hydrogen-bond donors (Lipinski definition) is 0. The zero-order valence-corrected chi connectivity index (χ0v) is 17.7. The number of nitrogens with zero attached hydrogens (tertiary/aromatic N) is 5. The lowest BCUT2D eigenvalue weighted by Crippen LogP contribution is -2.44. The van der Waals surface area contributed by atoms with Crippen molar-refractivity contribution in [3.05, 3.63) is 64.5 Å². The first-order chi connectivity index (χ1) is 14.2. The van der Waals surface area contributed by atoms with Gasteiger partial charge in [0, 0.05) is 48.0 Å². The Morgan fingerprint density at radius 2 is 2.14 bits per heavy atom. The fraction of sp³-hybridized carbons (Fsp3) is 0.333. The van der Waals surface area contributed by atoms with Gasteiger partial charge in [0.05, 0.1) is 36.8 Å². The third-order valence-corrected chi connectivity index (χ3v) is 6.24. The average Bonchev–Trinajstić information content (AvgIpc) is 3.41. The second-order valence-electron chi connectivity index (χ2n) is 7.44. The molecule has 1 fully saturated rings. The number of benzene rings is 1. The molecule has 1 aliphatic heterocycles. The first-order valence-corrected chi connectivity index (χ1v) is 10.9. The maximum absolute atomic E-state index is 6.08. The summed E-state index contributed by atoms with van der Waals surface area (Å²) in [5.74, 6) is 0. The van der Waals surface area contributed by atoms with E-state index in [2.05, 4.69) is 39.1 Å². The van der Waals surface area contributed by atoms with E-state index in [0.29, 0.717) is 0 Å². The minimum absolute atomic E-state index is 0.132. The average molecular weight is 428 g/mol. The molecule has 1 aliphatic rings. The van der Waals surface area contributed by atoms with E-state index >= 15 is 0 Å². The second-order valence-corrected chi connectivity index (χ2v) is 8.75. The monoisotopic (exact) mass is 427 g/mol. The van der Waals surface area contributed by atoms with Crippen molar-refractivity contribution in [2.75, 3.05) is 19.7 Å². The number of halogens is 1. The maximum atomic E-state index is 6.08. The number of aryl methyl sites for hydroxylation is 1. The van der Waals surface area contributed by atoms with E-state index in [9.17, 15) is 0 Å². The van der Waals surface area contributed by atoms with E-state index in [1.165, 1.54) is 11.3 Å². The van der Waals surface area contributed by atoms with Crippen molar-refractivity contribution in [3.63, 3.8) is 0 Å². The Morgan fingerprint density at radius 3 is 2.93 bits per heavy atom. The van der Waals surface area contributed by atoms with E-state index < -0.39 is 0 Å². The summed E-state index contributed by atoms with van der Waals surface area (Å²) in [4.78, 5) is 8.36. The highest BCUT2D eigenvalue weighted by Gasteiger charge is 2.24. The Balaban J connectivity index is 1.38. The molecule has 3 aromatic heterocycles. The third-order valence-electron chi connectivity index (χ3n) is 5.23. The molecule has 0 radical (unpaired) electrons. The molecule has 1 unspecified atom stereocenters. The number of hydrogen-bond acceptors (Lipinski definition) is 5. The van der Waals surface area contributed by atoms with E-state index in [0.717, 1.165) is 54.0 Å². The lowest BCUT2D eigenvalue weighted by atomic mass is 10.1. The van der Waals surface area contributed by atoms with Crippen LogP contribution in [-0.2, 0) is 17.8 Å². The molecule has 0 N–H and O–H groups in total. The van der Waals surface area contributed by atoms with Crippen molar-refractivity contribution < 1.29 is 4.74 Å². The summed E-state index contributed by atoms with van der Waals surface area (Å²) in [7, 11) is 0. The molecular formula is C21H22ClN5OS. The van der Waals surface area contributed by atoms with Gasteiger partial charge >= 0.3 is 0 Å². The van der Waals surface area contributed by atoms with Gasteiger partial charge < -0.3 is 4.74 Å². The number of rotatable bonds is 5. The van der Waals surface area contributed by atoms with Crippen LogP contribution in [0.4, 0.5) is 0 Å². The number of morpholine rings is 1. The van der Waals surface area contributed by atoms with E-state index in [1.807, 2.05) is 35.1 Å². The quantitative estimate of drug-likeness (QED) is 0.480. The summed E-state index contributed by atoms with van der Waals surface area (Å²) < 4.78 is 10.2. The van der Waals surface area contributed by atoms with Crippen molar-refractivity contribution in [2.45, 2.75) is 26.1 Å². The Kier molecular flexibility index (Phi) is 5.13. The van der Waals surface area contributed by atoms with Gasteiger partial charge in [-0.2, -0.15) is 5.10 Å². The van der Waals surface area contributed by atoms with Gasteiger partial charge in [0.1, 0.15) is 0 Å². The lowest BCUT2D eigenvalue weighted by molar-refractivity contribution is -0.0405. The van der Waals surface area contributed by atoms with Crippen molar-refractivity contribution in [1.29, 1.82) is 0 Å². The smallest absolute Gasteiger partial charge is 0.194 e. The molecule has 1 saturated heterocycles. The number of thiazole rings is 1. The van der Waals surface area contributed by atoms with Crippen molar-refractivity contribution in [1.82, 2.24) is 24.1 Å². The molecule has 1 atom stereocenters. The van der Waals surface area contributed by atoms with Crippen LogP contribution in [0.15, 0.2) is 48.2 Å². The van der Waals surface area contributed by atoms with Crippen LogP contribution < -0.4 is 0 Å².